The van der Waals surface area contributed by atoms with Gasteiger partial charge in [0.25, 0.3) is 0 Å². The summed E-state index contributed by atoms with van der Waals surface area (Å²) in [6.45, 7) is 0. The second-order valence-electron chi connectivity index (χ2n) is 4.02. The zero-order valence-corrected chi connectivity index (χ0v) is 16.1. The van der Waals surface area contributed by atoms with Gasteiger partial charge in [-0.3, -0.25) is 0 Å². The number of nitrogens with two attached hydrogens (primary N) is 1. The molecule has 0 fully saturated rings. The van der Waals surface area contributed by atoms with Crippen molar-refractivity contribution in [1.82, 2.24) is 9.78 Å². The summed E-state index contributed by atoms with van der Waals surface area (Å²) in [6.07, 6.45) is 0. The standard InChI is InChI=1S/C11H4BrCl4FN4OS/c12-11(16,17)23(22)9-7(3-18)20-21(10(9)19)8-5(14)1-4(13)2-6(8)15/h1-2H,19H2. The lowest BCUT2D eigenvalue weighted by atomic mass is 10.3. The van der Waals surface area contributed by atoms with Crippen LogP contribution in [0.3, 0.4) is 0 Å². The average molecular weight is 481 g/mol. The van der Waals surface area contributed by atoms with Crippen molar-refractivity contribution in [2.75, 3.05) is 5.73 Å². The summed E-state index contributed by atoms with van der Waals surface area (Å²) in [4.78, 5) is -0.385. The number of hydrogen-bond donors (Lipinski definition) is 1. The predicted molar refractivity (Wildman–Crippen MR) is 92.7 cm³/mol. The van der Waals surface area contributed by atoms with Crippen molar-refractivity contribution >= 4 is 79.0 Å². The highest BCUT2D eigenvalue weighted by Crippen LogP contribution is 2.40. The van der Waals surface area contributed by atoms with Crippen LogP contribution < -0.4 is 5.73 Å². The largest absolute Gasteiger partial charge is 0.383 e. The minimum atomic E-state index is -2.83. The number of nitriles is 1. The fourth-order valence-electron chi connectivity index (χ4n) is 1.70. The lowest BCUT2D eigenvalue weighted by Gasteiger charge is -2.11. The number of anilines is 1. The molecule has 2 aromatic rings. The van der Waals surface area contributed by atoms with Crippen LogP contribution in [-0.4, -0.2) is 17.4 Å². The minimum absolute atomic E-state index is 0.0785. The summed E-state index contributed by atoms with van der Waals surface area (Å²) in [5.74, 6) is -0.298. The molecule has 2 N–H and O–H groups in total. The van der Waals surface area contributed by atoms with Crippen LogP contribution in [0.15, 0.2) is 17.0 Å². The molecule has 122 valence electrons. The molecule has 0 aliphatic carbocycles. The van der Waals surface area contributed by atoms with E-state index in [-0.39, 0.29) is 37.2 Å². The third-order valence-electron chi connectivity index (χ3n) is 2.57. The number of rotatable bonds is 3. The Hall–Kier alpha value is -0.560. The summed E-state index contributed by atoms with van der Waals surface area (Å²) in [6, 6.07) is 4.42. The highest BCUT2D eigenvalue weighted by molar-refractivity contribution is 9.12. The predicted octanol–water partition coefficient (Wildman–Crippen LogP) is 4.61. The molecular formula is C11H4BrCl4FN4OS. The Balaban J connectivity index is 2.76. The number of nitrogens with zero attached hydrogens (tertiary/aromatic N) is 3. The van der Waals surface area contributed by atoms with Crippen LogP contribution >= 0.6 is 62.3 Å². The van der Waals surface area contributed by atoms with Crippen molar-refractivity contribution in [3.8, 4) is 11.8 Å². The maximum absolute atomic E-state index is 13.7. The third-order valence-corrected chi connectivity index (χ3v) is 5.86. The SMILES string of the molecule is N#Cc1nn(-c2c(Cl)cc(Cl)cc2Cl)c(N)c1S(=O)C(F)(Cl)Br. The number of nitrogen functional groups attached to an aromatic ring is 1. The monoisotopic (exact) mass is 478 g/mol. The van der Waals surface area contributed by atoms with Gasteiger partial charge in [-0.1, -0.05) is 46.4 Å². The van der Waals surface area contributed by atoms with Gasteiger partial charge in [-0.25, -0.2) is 8.89 Å². The molecule has 2 unspecified atom stereocenters. The molecule has 0 saturated carbocycles. The molecule has 5 nitrogen and oxygen atoms in total. The number of benzene rings is 1. The topological polar surface area (TPSA) is 84.7 Å². The van der Waals surface area contributed by atoms with E-state index < -0.39 is 14.2 Å². The van der Waals surface area contributed by atoms with Gasteiger partial charge in [0, 0.05) is 5.02 Å². The highest BCUT2D eigenvalue weighted by atomic mass is 79.9. The van der Waals surface area contributed by atoms with E-state index in [9.17, 15) is 8.60 Å². The number of hydrogen-bond acceptors (Lipinski definition) is 4. The van der Waals surface area contributed by atoms with E-state index in [1.165, 1.54) is 12.1 Å². The first-order chi connectivity index (χ1) is 10.6. The van der Waals surface area contributed by atoms with Crippen LogP contribution in [0.5, 0.6) is 0 Å². The summed E-state index contributed by atoms with van der Waals surface area (Å²) < 4.78 is 24.0. The van der Waals surface area contributed by atoms with Crippen molar-refractivity contribution in [3.63, 3.8) is 0 Å². The van der Waals surface area contributed by atoms with E-state index in [4.69, 9.17) is 57.4 Å². The van der Waals surface area contributed by atoms with Gasteiger partial charge in [0.2, 0.25) is 0 Å². The van der Waals surface area contributed by atoms with Gasteiger partial charge in [-0.15, -0.1) is 0 Å². The molecule has 2 rings (SSSR count). The van der Waals surface area contributed by atoms with Gasteiger partial charge in [0.15, 0.2) is 5.69 Å². The first-order valence-electron chi connectivity index (χ1n) is 5.50. The van der Waals surface area contributed by atoms with Crippen molar-refractivity contribution in [1.29, 1.82) is 5.26 Å². The lowest BCUT2D eigenvalue weighted by Crippen LogP contribution is -2.15. The zero-order chi connectivity index (χ0) is 17.5. The normalized spacial score (nSPS) is 15.0. The molecule has 0 amide bonds. The molecule has 0 radical (unpaired) electrons. The van der Waals surface area contributed by atoms with Crippen LogP contribution in [0, 0.1) is 11.3 Å². The van der Waals surface area contributed by atoms with Crippen LogP contribution in [0.25, 0.3) is 5.69 Å². The van der Waals surface area contributed by atoms with E-state index in [0.717, 1.165) is 4.68 Å². The quantitative estimate of drug-likeness (QED) is 0.650. The zero-order valence-electron chi connectivity index (χ0n) is 10.7. The summed E-state index contributed by atoms with van der Waals surface area (Å²) >= 11 is 25.7. The van der Waals surface area contributed by atoms with Gasteiger partial charge in [0.05, 0.1) is 10.0 Å². The molecule has 23 heavy (non-hydrogen) atoms. The van der Waals surface area contributed by atoms with Crippen molar-refractivity contribution in [3.05, 3.63) is 32.9 Å². The lowest BCUT2D eigenvalue weighted by molar-refractivity contribution is 0.514. The van der Waals surface area contributed by atoms with Crippen LogP contribution in [0.1, 0.15) is 5.69 Å². The fourth-order valence-corrected chi connectivity index (χ4v) is 4.16. The fraction of sp³-hybridized carbons (Fsp3) is 0.0909. The second kappa shape index (κ2) is 6.75. The molecule has 2 atom stereocenters. The van der Waals surface area contributed by atoms with Gasteiger partial charge in [-0.2, -0.15) is 14.8 Å². The Morgan fingerprint density at radius 3 is 2.35 bits per heavy atom. The summed E-state index contributed by atoms with van der Waals surface area (Å²) in [7, 11) is -2.52. The Morgan fingerprint density at radius 2 is 1.91 bits per heavy atom. The van der Waals surface area contributed by atoms with Crippen molar-refractivity contribution in [2.24, 2.45) is 0 Å². The smallest absolute Gasteiger partial charge is 0.316 e. The summed E-state index contributed by atoms with van der Waals surface area (Å²) in [5.41, 5.74) is 5.56. The van der Waals surface area contributed by atoms with Crippen LogP contribution in [0.4, 0.5) is 10.2 Å². The molecule has 0 bridgehead atoms. The van der Waals surface area contributed by atoms with E-state index in [1.54, 1.807) is 6.07 Å². The van der Waals surface area contributed by atoms with E-state index >= 15 is 0 Å². The highest BCUT2D eigenvalue weighted by Gasteiger charge is 2.37. The van der Waals surface area contributed by atoms with Crippen molar-refractivity contribution < 1.29 is 8.60 Å². The molecule has 0 aliphatic rings. The molecule has 12 heteroatoms. The maximum Gasteiger partial charge on any atom is 0.316 e. The molecule has 1 aromatic heterocycles. The number of alkyl halides is 3. The molecule has 0 aliphatic heterocycles. The Morgan fingerprint density at radius 1 is 1.39 bits per heavy atom. The van der Waals surface area contributed by atoms with Crippen LogP contribution in [-0.2, 0) is 10.8 Å². The summed E-state index contributed by atoms with van der Waals surface area (Å²) in [5, 5.41) is 13.4. The molecular weight excluding hydrogens is 477 g/mol. The Labute approximate surface area is 160 Å². The minimum Gasteiger partial charge on any atom is -0.383 e. The first-order valence-corrected chi connectivity index (χ1v) is 8.95. The molecule has 0 saturated heterocycles. The third kappa shape index (κ3) is 3.60. The van der Waals surface area contributed by atoms with Gasteiger partial charge < -0.3 is 5.73 Å². The number of aromatic nitrogens is 2. The van der Waals surface area contributed by atoms with Gasteiger partial charge in [0.1, 0.15) is 33.3 Å². The van der Waals surface area contributed by atoms with Crippen molar-refractivity contribution in [2.45, 2.75) is 8.26 Å². The molecule has 0 spiro atoms. The van der Waals surface area contributed by atoms with E-state index in [2.05, 4.69) is 21.0 Å². The second-order valence-corrected chi connectivity index (χ2v) is 9.60. The van der Waals surface area contributed by atoms with E-state index in [1.807, 2.05) is 0 Å². The van der Waals surface area contributed by atoms with Gasteiger partial charge in [-0.05, 0) is 28.1 Å². The first kappa shape index (κ1) is 18.8. The molecule has 1 aromatic carbocycles. The Kier molecular flexibility index (Phi) is 5.51. The maximum atomic E-state index is 13.7. The van der Waals surface area contributed by atoms with Crippen LogP contribution in [0.2, 0.25) is 15.1 Å². The Bertz CT molecular complexity index is 838. The number of halogens is 6. The molecule has 1 heterocycles. The average Bonchev–Trinajstić information content (AvgIpc) is 2.73. The van der Waals surface area contributed by atoms with Gasteiger partial charge >= 0.3 is 3.37 Å². The van der Waals surface area contributed by atoms with E-state index in [0.29, 0.717) is 0 Å².